The molecule has 1 aromatic rings. The van der Waals surface area contributed by atoms with Gasteiger partial charge in [0, 0.05) is 12.8 Å². The Bertz CT molecular complexity index is 712. The van der Waals surface area contributed by atoms with Crippen molar-refractivity contribution in [2.45, 2.75) is 51.6 Å². The molecule has 0 radical (unpaired) electrons. The first kappa shape index (κ1) is 18.6. The van der Waals surface area contributed by atoms with Gasteiger partial charge in [-0.3, -0.25) is 9.59 Å². The van der Waals surface area contributed by atoms with Gasteiger partial charge in [0.15, 0.2) is 6.29 Å². The third-order valence-electron chi connectivity index (χ3n) is 5.45. The molecule has 1 spiro atoms. The number of cyclic esters (lactones) is 1. The maximum atomic E-state index is 12.5. The fourth-order valence-corrected chi connectivity index (χ4v) is 3.69. The highest BCUT2D eigenvalue weighted by Gasteiger charge is 2.63. The van der Waals surface area contributed by atoms with Gasteiger partial charge in [0.25, 0.3) is 0 Å². The number of esters is 1. The fourth-order valence-electron chi connectivity index (χ4n) is 3.69. The van der Waals surface area contributed by atoms with Gasteiger partial charge in [0.1, 0.15) is 17.6 Å². The van der Waals surface area contributed by atoms with Crippen LogP contribution in [-0.2, 0) is 30.4 Å². The monoisotopic (exact) mass is 360 g/mol. The number of rotatable bonds is 6. The van der Waals surface area contributed by atoms with E-state index >= 15 is 0 Å². The van der Waals surface area contributed by atoms with E-state index in [0.29, 0.717) is 13.0 Å². The van der Waals surface area contributed by atoms with E-state index in [9.17, 15) is 9.59 Å². The predicted octanol–water partition coefficient (Wildman–Crippen LogP) is 3.06. The van der Waals surface area contributed by atoms with Crippen molar-refractivity contribution in [3.05, 3.63) is 47.5 Å². The van der Waals surface area contributed by atoms with Gasteiger partial charge in [0.2, 0.25) is 0 Å². The number of carbonyl (C=O) groups is 2. The molecular weight excluding hydrogens is 336 g/mol. The quantitative estimate of drug-likeness (QED) is 0.620. The highest BCUT2D eigenvalue weighted by atomic mass is 16.7. The highest BCUT2D eigenvalue weighted by Crippen LogP contribution is 2.51. The van der Waals surface area contributed by atoms with Crippen LogP contribution in [0.4, 0.5) is 0 Å². The van der Waals surface area contributed by atoms with E-state index in [1.54, 1.807) is 6.92 Å². The number of carbonyl (C=O) groups excluding carboxylic acids is 1. The van der Waals surface area contributed by atoms with Crippen LogP contribution in [0.3, 0.4) is 0 Å². The van der Waals surface area contributed by atoms with Gasteiger partial charge >= 0.3 is 11.9 Å². The summed E-state index contributed by atoms with van der Waals surface area (Å²) in [7, 11) is 0. The largest absolute Gasteiger partial charge is 0.481 e. The molecular formula is C20H24O6. The number of aliphatic carboxylic acids is 1. The minimum Gasteiger partial charge on any atom is -0.481 e. The van der Waals surface area contributed by atoms with Gasteiger partial charge in [-0.2, -0.15) is 0 Å². The molecule has 2 aliphatic rings. The topological polar surface area (TPSA) is 82.1 Å². The molecule has 140 valence electrons. The summed E-state index contributed by atoms with van der Waals surface area (Å²) in [6, 6.07) is 9.77. The number of benzene rings is 1. The van der Waals surface area contributed by atoms with Crippen LogP contribution in [0, 0.1) is 5.41 Å². The summed E-state index contributed by atoms with van der Waals surface area (Å²) in [6.45, 7) is 4.10. The lowest BCUT2D eigenvalue weighted by molar-refractivity contribution is -0.231. The van der Waals surface area contributed by atoms with Crippen molar-refractivity contribution in [3.8, 4) is 0 Å². The molecule has 6 heteroatoms. The molecule has 1 saturated heterocycles. The third-order valence-corrected chi connectivity index (χ3v) is 5.45. The molecule has 0 aromatic heterocycles. The molecule has 1 aromatic carbocycles. The Morgan fingerprint density at radius 2 is 2.08 bits per heavy atom. The molecule has 3 rings (SSSR count). The van der Waals surface area contributed by atoms with Crippen LogP contribution >= 0.6 is 0 Å². The van der Waals surface area contributed by atoms with E-state index in [1.807, 2.05) is 43.3 Å². The number of ether oxygens (including phenoxy) is 3. The van der Waals surface area contributed by atoms with E-state index in [2.05, 4.69) is 0 Å². The van der Waals surface area contributed by atoms with Crippen molar-refractivity contribution in [1.82, 2.24) is 0 Å². The lowest BCUT2D eigenvalue weighted by atomic mass is 9.68. The van der Waals surface area contributed by atoms with Crippen molar-refractivity contribution in [2.75, 3.05) is 6.61 Å². The molecule has 0 bridgehead atoms. The van der Waals surface area contributed by atoms with Gasteiger partial charge in [-0.1, -0.05) is 36.4 Å². The van der Waals surface area contributed by atoms with Crippen LogP contribution in [0.1, 0.15) is 38.7 Å². The second kappa shape index (κ2) is 7.21. The Kier molecular flexibility index (Phi) is 5.16. The molecule has 2 aliphatic heterocycles. The minimum atomic E-state index is -1.05. The SMILES string of the molecule is CC1=CC[C@@H](OCc2ccccc2)O[C@@]12COC(=O)[C@@]2(C)CCC(=O)O. The average molecular weight is 360 g/mol. The molecule has 0 saturated carbocycles. The summed E-state index contributed by atoms with van der Waals surface area (Å²) >= 11 is 0. The van der Waals surface area contributed by atoms with Crippen molar-refractivity contribution in [1.29, 1.82) is 0 Å². The van der Waals surface area contributed by atoms with Gasteiger partial charge in [0.05, 0.1) is 6.61 Å². The Balaban J connectivity index is 1.78. The van der Waals surface area contributed by atoms with E-state index in [0.717, 1.165) is 11.1 Å². The highest BCUT2D eigenvalue weighted by molar-refractivity contribution is 5.82. The van der Waals surface area contributed by atoms with E-state index in [4.69, 9.17) is 19.3 Å². The molecule has 1 fully saturated rings. The first-order chi connectivity index (χ1) is 12.4. The second-order valence-electron chi connectivity index (χ2n) is 7.10. The van der Waals surface area contributed by atoms with Gasteiger partial charge in [-0.15, -0.1) is 0 Å². The Hall–Kier alpha value is -2.18. The van der Waals surface area contributed by atoms with Crippen LogP contribution in [0.2, 0.25) is 0 Å². The summed E-state index contributed by atoms with van der Waals surface area (Å²) < 4.78 is 17.5. The summed E-state index contributed by atoms with van der Waals surface area (Å²) in [4.78, 5) is 23.5. The predicted molar refractivity (Wildman–Crippen MR) is 93.1 cm³/mol. The van der Waals surface area contributed by atoms with Crippen molar-refractivity contribution in [2.24, 2.45) is 5.41 Å². The number of hydrogen-bond acceptors (Lipinski definition) is 5. The van der Waals surface area contributed by atoms with Crippen LogP contribution in [0.5, 0.6) is 0 Å². The molecule has 2 heterocycles. The maximum Gasteiger partial charge on any atom is 0.315 e. The molecule has 6 nitrogen and oxygen atoms in total. The first-order valence-electron chi connectivity index (χ1n) is 8.77. The lowest BCUT2D eigenvalue weighted by Crippen LogP contribution is -2.54. The maximum absolute atomic E-state index is 12.5. The Labute approximate surface area is 152 Å². The molecule has 1 N–H and O–H groups in total. The smallest absolute Gasteiger partial charge is 0.315 e. The Morgan fingerprint density at radius 3 is 2.77 bits per heavy atom. The normalized spacial score (nSPS) is 30.9. The standard InChI is InChI=1S/C20H24O6/c1-14-8-9-17(24-12-15-6-4-3-5-7-15)26-20(14)13-25-18(23)19(20,2)11-10-16(21)22/h3-8,17H,9-13H2,1-2H3,(H,21,22)/t17-,19+,20-/m0/s1. The summed E-state index contributed by atoms with van der Waals surface area (Å²) in [5.41, 5.74) is -0.125. The van der Waals surface area contributed by atoms with Crippen LogP contribution in [0.25, 0.3) is 0 Å². The van der Waals surface area contributed by atoms with Crippen molar-refractivity contribution < 1.29 is 28.9 Å². The van der Waals surface area contributed by atoms with Crippen molar-refractivity contribution >= 4 is 11.9 Å². The average Bonchev–Trinajstić information content (AvgIpc) is 2.88. The van der Waals surface area contributed by atoms with Crippen LogP contribution in [-0.4, -0.2) is 35.5 Å². The van der Waals surface area contributed by atoms with Crippen LogP contribution < -0.4 is 0 Å². The number of hydrogen-bond donors (Lipinski definition) is 1. The van der Waals surface area contributed by atoms with Gasteiger partial charge in [-0.25, -0.2) is 0 Å². The fraction of sp³-hybridized carbons (Fsp3) is 0.500. The zero-order chi connectivity index (χ0) is 18.8. The minimum absolute atomic E-state index is 0.0789. The molecule has 0 aliphatic carbocycles. The number of carboxylic acid groups (broad SMARTS) is 1. The first-order valence-corrected chi connectivity index (χ1v) is 8.77. The Morgan fingerprint density at radius 1 is 1.35 bits per heavy atom. The number of carboxylic acids is 1. The van der Waals surface area contributed by atoms with E-state index in [1.165, 1.54) is 0 Å². The van der Waals surface area contributed by atoms with Crippen molar-refractivity contribution in [3.63, 3.8) is 0 Å². The van der Waals surface area contributed by atoms with Gasteiger partial charge < -0.3 is 19.3 Å². The second-order valence-corrected chi connectivity index (χ2v) is 7.10. The summed E-state index contributed by atoms with van der Waals surface area (Å²) in [5, 5.41) is 9.06. The molecule has 3 atom stereocenters. The zero-order valence-electron chi connectivity index (χ0n) is 15.1. The zero-order valence-corrected chi connectivity index (χ0v) is 15.1. The summed E-state index contributed by atoms with van der Waals surface area (Å²) in [5.74, 6) is -1.37. The van der Waals surface area contributed by atoms with Crippen LogP contribution in [0.15, 0.2) is 42.0 Å². The van der Waals surface area contributed by atoms with E-state index in [-0.39, 0.29) is 19.4 Å². The molecule has 26 heavy (non-hydrogen) atoms. The van der Waals surface area contributed by atoms with E-state index < -0.39 is 29.2 Å². The van der Waals surface area contributed by atoms with Gasteiger partial charge in [-0.05, 0) is 31.4 Å². The molecule has 0 unspecified atom stereocenters. The third kappa shape index (κ3) is 3.27. The summed E-state index contributed by atoms with van der Waals surface area (Å²) in [6.07, 6.45) is 2.08. The lowest BCUT2D eigenvalue weighted by Gasteiger charge is -2.44. The molecule has 0 amide bonds.